The monoisotopic (exact) mass is 295 g/mol. The van der Waals surface area contributed by atoms with Gasteiger partial charge in [-0.3, -0.25) is 4.68 Å². The molecule has 5 heteroatoms. The third-order valence-electron chi connectivity index (χ3n) is 2.72. The van der Waals surface area contributed by atoms with Crippen LogP contribution in [0.1, 0.15) is 5.69 Å². The Bertz CT molecular complexity index is 537. The van der Waals surface area contributed by atoms with Gasteiger partial charge in [-0.25, -0.2) is 0 Å². The van der Waals surface area contributed by atoms with E-state index in [2.05, 4.69) is 21.0 Å². The summed E-state index contributed by atoms with van der Waals surface area (Å²) < 4.78 is 7.92. The number of halogens is 1. The molecule has 0 saturated heterocycles. The number of rotatable bonds is 3. The fourth-order valence-electron chi connectivity index (χ4n) is 1.78. The number of aromatic nitrogens is 2. The number of nitrogens with zero attached hydrogens (tertiary/aromatic N) is 2. The highest BCUT2D eigenvalue weighted by molar-refractivity contribution is 9.10. The first-order valence-electron chi connectivity index (χ1n) is 5.22. The number of aryl methyl sites for hydroxylation is 1. The summed E-state index contributed by atoms with van der Waals surface area (Å²) in [4.78, 5) is 0. The second-order valence-corrected chi connectivity index (χ2v) is 4.54. The van der Waals surface area contributed by atoms with Crippen molar-refractivity contribution < 1.29 is 4.74 Å². The lowest BCUT2D eigenvalue weighted by atomic mass is 10.1. The summed E-state index contributed by atoms with van der Waals surface area (Å²) in [6, 6.07) is 5.93. The van der Waals surface area contributed by atoms with E-state index in [0.717, 1.165) is 27.0 Å². The molecule has 0 radical (unpaired) electrons. The normalized spacial score (nSPS) is 10.6. The van der Waals surface area contributed by atoms with Gasteiger partial charge in [0.05, 0.1) is 23.5 Å². The van der Waals surface area contributed by atoms with Crippen molar-refractivity contribution >= 4 is 15.9 Å². The average Bonchev–Trinajstić information content (AvgIpc) is 2.70. The molecular formula is C12H14BrN3O. The molecule has 0 spiro atoms. The van der Waals surface area contributed by atoms with Crippen LogP contribution in [0.25, 0.3) is 11.1 Å². The van der Waals surface area contributed by atoms with Crippen molar-refractivity contribution in [1.82, 2.24) is 9.78 Å². The summed E-state index contributed by atoms with van der Waals surface area (Å²) in [6.45, 7) is 0.468. The van der Waals surface area contributed by atoms with Crippen LogP contribution in [0.5, 0.6) is 5.75 Å². The molecule has 0 unspecified atom stereocenters. The van der Waals surface area contributed by atoms with Gasteiger partial charge in [0.2, 0.25) is 0 Å². The highest BCUT2D eigenvalue weighted by Gasteiger charge is 2.10. The average molecular weight is 296 g/mol. The van der Waals surface area contributed by atoms with Gasteiger partial charge in [0.15, 0.2) is 0 Å². The highest BCUT2D eigenvalue weighted by atomic mass is 79.9. The van der Waals surface area contributed by atoms with Crippen LogP contribution < -0.4 is 10.5 Å². The lowest BCUT2D eigenvalue weighted by molar-refractivity contribution is 0.412. The van der Waals surface area contributed by atoms with Crippen LogP contribution in [0, 0.1) is 0 Å². The Hall–Kier alpha value is -1.33. The Morgan fingerprint density at radius 2 is 2.24 bits per heavy atom. The molecule has 0 aliphatic heterocycles. The van der Waals surface area contributed by atoms with E-state index >= 15 is 0 Å². The van der Waals surface area contributed by atoms with E-state index in [1.807, 2.05) is 31.4 Å². The van der Waals surface area contributed by atoms with Gasteiger partial charge in [0.25, 0.3) is 0 Å². The molecule has 4 nitrogen and oxygen atoms in total. The van der Waals surface area contributed by atoms with Gasteiger partial charge >= 0.3 is 0 Å². The lowest BCUT2D eigenvalue weighted by Crippen LogP contribution is -2.05. The zero-order valence-electron chi connectivity index (χ0n) is 9.77. The van der Waals surface area contributed by atoms with Gasteiger partial charge < -0.3 is 10.5 Å². The second-order valence-electron chi connectivity index (χ2n) is 3.68. The topological polar surface area (TPSA) is 53.1 Å². The summed E-state index contributed by atoms with van der Waals surface area (Å²) in [5, 5.41) is 4.23. The van der Waals surface area contributed by atoms with Crippen LogP contribution in [0.15, 0.2) is 28.9 Å². The van der Waals surface area contributed by atoms with Crippen LogP contribution in [0.4, 0.5) is 0 Å². The predicted molar refractivity (Wildman–Crippen MR) is 70.8 cm³/mol. The molecule has 1 aromatic heterocycles. The van der Waals surface area contributed by atoms with Crippen LogP contribution in [0.2, 0.25) is 0 Å². The summed E-state index contributed by atoms with van der Waals surface area (Å²) >= 11 is 3.47. The number of benzene rings is 1. The van der Waals surface area contributed by atoms with Gasteiger partial charge in [-0.15, -0.1) is 0 Å². The van der Waals surface area contributed by atoms with Crippen molar-refractivity contribution in [2.24, 2.45) is 12.8 Å². The zero-order valence-corrected chi connectivity index (χ0v) is 11.4. The number of methoxy groups -OCH3 is 1. The fraction of sp³-hybridized carbons (Fsp3) is 0.250. The Balaban J connectivity index is 2.49. The largest absolute Gasteiger partial charge is 0.496 e. The summed E-state index contributed by atoms with van der Waals surface area (Å²) in [5.41, 5.74) is 8.88. The molecule has 0 saturated carbocycles. The zero-order chi connectivity index (χ0) is 12.4. The maximum Gasteiger partial charge on any atom is 0.133 e. The van der Waals surface area contributed by atoms with Crippen molar-refractivity contribution in [2.45, 2.75) is 6.54 Å². The minimum Gasteiger partial charge on any atom is -0.496 e. The quantitative estimate of drug-likeness (QED) is 0.945. The van der Waals surface area contributed by atoms with E-state index < -0.39 is 0 Å². The van der Waals surface area contributed by atoms with Crippen LogP contribution in [0.3, 0.4) is 0 Å². The maximum absolute atomic E-state index is 5.73. The molecule has 0 bridgehead atoms. The van der Waals surface area contributed by atoms with Crippen LogP contribution >= 0.6 is 15.9 Å². The van der Waals surface area contributed by atoms with Crippen LogP contribution in [-0.4, -0.2) is 16.9 Å². The first-order chi connectivity index (χ1) is 8.17. The summed E-state index contributed by atoms with van der Waals surface area (Å²) in [6.07, 6.45) is 1.83. The van der Waals surface area contributed by atoms with E-state index in [1.165, 1.54) is 0 Å². The van der Waals surface area contributed by atoms with Crippen molar-refractivity contribution in [3.05, 3.63) is 34.6 Å². The number of hydrogen-bond donors (Lipinski definition) is 1. The number of hydrogen-bond acceptors (Lipinski definition) is 3. The van der Waals surface area contributed by atoms with E-state index in [-0.39, 0.29) is 0 Å². The smallest absolute Gasteiger partial charge is 0.133 e. The molecule has 0 aliphatic carbocycles. The van der Waals surface area contributed by atoms with Crippen molar-refractivity contribution in [3.63, 3.8) is 0 Å². The Kier molecular flexibility index (Phi) is 3.49. The van der Waals surface area contributed by atoms with Gasteiger partial charge in [0, 0.05) is 19.2 Å². The Morgan fingerprint density at radius 1 is 1.47 bits per heavy atom. The minimum absolute atomic E-state index is 0.468. The van der Waals surface area contributed by atoms with E-state index in [1.54, 1.807) is 11.8 Å². The third kappa shape index (κ3) is 2.21. The molecule has 17 heavy (non-hydrogen) atoms. The molecule has 0 amide bonds. The molecule has 2 aromatic rings. The number of nitrogens with two attached hydrogens (primary N) is 1. The Morgan fingerprint density at radius 3 is 2.82 bits per heavy atom. The highest BCUT2D eigenvalue weighted by Crippen LogP contribution is 2.31. The van der Waals surface area contributed by atoms with Crippen LogP contribution in [-0.2, 0) is 13.6 Å². The molecule has 2 N–H and O–H groups in total. The molecule has 1 aromatic carbocycles. The summed E-state index contributed by atoms with van der Waals surface area (Å²) in [5.74, 6) is 0.812. The van der Waals surface area contributed by atoms with Gasteiger partial charge in [-0.2, -0.15) is 5.10 Å². The molecule has 90 valence electrons. The van der Waals surface area contributed by atoms with Crippen molar-refractivity contribution in [3.8, 4) is 16.9 Å². The molecule has 2 rings (SSSR count). The number of ether oxygens (including phenoxy) is 1. The third-order valence-corrected chi connectivity index (χ3v) is 3.34. The molecule has 0 fully saturated rings. The SMILES string of the molecule is COc1ccc(-c2cnn(C)c2CN)cc1Br. The van der Waals surface area contributed by atoms with Gasteiger partial charge in [-0.05, 0) is 33.6 Å². The van der Waals surface area contributed by atoms with Crippen molar-refractivity contribution in [1.29, 1.82) is 0 Å². The van der Waals surface area contributed by atoms with Crippen molar-refractivity contribution in [2.75, 3.05) is 7.11 Å². The Labute approximate surface area is 109 Å². The summed E-state index contributed by atoms with van der Waals surface area (Å²) in [7, 11) is 3.54. The maximum atomic E-state index is 5.73. The van der Waals surface area contributed by atoms with E-state index in [4.69, 9.17) is 10.5 Å². The minimum atomic E-state index is 0.468. The van der Waals surface area contributed by atoms with Gasteiger partial charge in [-0.1, -0.05) is 6.07 Å². The lowest BCUT2D eigenvalue weighted by Gasteiger charge is -2.07. The molecule has 0 aliphatic rings. The molecule has 1 heterocycles. The first-order valence-corrected chi connectivity index (χ1v) is 6.01. The van der Waals surface area contributed by atoms with E-state index in [9.17, 15) is 0 Å². The standard InChI is InChI=1S/C12H14BrN3O/c1-16-11(6-14)9(7-15-16)8-3-4-12(17-2)10(13)5-8/h3-5,7H,6,14H2,1-2H3. The first kappa shape index (κ1) is 12.1. The van der Waals surface area contributed by atoms with E-state index in [0.29, 0.717) is 6.54 Å². The van der Waals surface area contributed by atoms with Gasteiger partial charge in [0.1, 0.15) is 5.75 Å². The molecular weight excluding hydrogens is 282 g/mol. The molecule has 0 atom stereocenters. The second kappa shape index (κ2) is 4.89. The fourth-order valence-corrected chi connectivity index (χ4v) is 2.32. The predicted octanol–water partition coefficient (Wildman–Crippen LogP) is 2.32.